The summed E-state index contributed by atoms with van der Waals surface area (Å²) in [6.07, 6.45) is 4.21. The van der Waals surface area contributed by atoms with E-state index in [1.165, 1.54) is 12.1 Å². The van der Waals surface area contributed by atoms with Crippen LogP contribution in [-0.4, -0.2) is 76.6 Å². The van der Waals surface area contributed by atoms with Crippen LogP contribution in [0.3, 0.4) is 0 Å². The van der Waals surface area contributed by atoms with E-state index in [4.69, 9.17) is 4.74 Å². The molecular formula is C49H56FN3O4S2. The number of halogens is 1. The number of anilines is 1. The molecule has 0 aliphatic carbocycles. The molecule has 5 aromatic rings. The van der Waals surface area contributed by atoms with Crippen LogP contribution in [0.1, 0.15) is 71.8 Å². The van der Waals surface area contributed by atoms with Crippen LogP contribution >= 0.6 is 23.5 Å². The molecule has 1 aliphatic heterocycles. The van der Waals surface area contributed by atoms with Crippen LogP contribution in [0, 0.1) is 5.82 Å². The first-order valence-electron chi connectivity index (χ1n) is 20.3. The van der Waals surface area contributed by atoms with Gasteiger partial charge in [-0.15, -0.1) is 11.8 Å². The van der Waals surface area contributed by atoms with Crippen molar-refractivity contribution in [2.24, 2.45) is 0 Å². The van der Waals surface area contributed by atoms with E-state index in [-0.39, 0.29) is 41.8 Å². The number of aliphatic hydroxyl groups excluding tert-OH is 1. The molecule has 10 heteroatoms. The van der Waals surface area contributed by atoms with E-state index in [2.05, 4.69) is 83.4 Å². The number of nitrogens with zero attached hydrogens (tertiary/aromatic N) is 1. The zero-order valence-electron chi connectivity index (χ0n) is 34.4. The van der Waals surface area contributed by atoms with E-state index in [1.807, 2.05) is 80.1 Å². The summed E-state index contributed by atoms with van der Waals surface area (Å²) in [5.74, 6) is 0.266. The van der Waals surface area contributed by atoms with Crippen LogP contribution in [0.5, 0.6) is 0 Å². The number of benzene rings is 5. The zero-order valence-corrected chi connectivity index (χ0v) is 36.0. The Morgan fingerprint density at radius 3 is 1.98 bits per heavy atom. The van der Waals surface area contributed by atoms with Gasteiger partial charge in [-0.25, -0.2) is 9.18 Å². The molecule has 1 aliphatic rings. The van der Waals surface area contributed by atoms with E-state index >= 15 is 0 Å². The average molecular weight is 834 g/mol. The Bertz CT molecular complexity index is 2000. The molecule has 5 aromatic carbocycles. The van der Waals surface area contributed by atoms with Gasteiger partial charge in [-0.05, 0) is 111 Å². The van der Waals surface area contributed by atoms with Gasteiger partial charge in [0.25, 0.3) is 5.91 Å². The van der Waals surface area contributed by atoms with E-state index in [9.17, 15) is 19.1 Å². The van der Waals surface area contributed by atoms with Crippen LogP contribution in [0.25, 0.3) is 0 Å². The summed E-state index contributed by atoms with van der Waals surface area (Å²) in [4.78, 5) is 29.7. The summed E-state index contributed by atoms with van der Waals surface area (Å²) in [7, 11) is 0. The van der Waals surface area contributed by atoms with Crippen molar-refractivity contribution in [3.8, 4) is 0 Å². The molecular weight excluding hydrogens is 778 g/mol. The number of hydrogen-bond acceptors (Lipinski definition) is 7. The molecule has 0 aromatic heterocycles. The Balaban J connectivity index is 1.29. The predicted molar refractivity (Wildman–Crippen MR) is 242 cm³/mol. The molecule has 0 spiro atoms. The number of thioether (sulfide) groups is 2. The predicted octanol–water partition coefficient (Wildman–Crippen LogP) is 9.97. The number of carbonyl (C=O) groups excluding carboxylic acids is 2. The van der Waals surface area contributed by atoms with Crippen molar-refractivity contribution in [1.29, 1.82) is 0 Å². The second-order valence-electron chi connectivity index (χ2n) is 16.1. The van der Waals surface area contributed by atoms with Crippen LogP contribution in [0.2, 0.25) is 0 Å². The highest BCUT2D eigenvalue weighted by Gasteiger charge is 2.45. The normalized spacial score (nSPS) is 16.1. The first-order valence-corrected chi connectivity index (χ1v) is 22.6. The lowest BCUT2D eigenvalue weighted by atomic mass is 9.84. The molecule has 0 unspecified atom stereocenters. The number of aryl methyl sites for hydroxylation is 2. The minimum absolute atomic E-state index is 0.0433. The van der Waals surface area contributed by atoms with Gasteiger partial charge in [-0.1, -0.05) is 109 Å². The summed E-state index contributed by atoms with van der Waals surface area (Å²) in [5, 5.41) is 16.7. The molecule has 6 rings (SSSR count). The number of ether oxygens (including phenoxy) is 1. The number of hydrogen-bond donors (Lipinski definition) is 3. The van der Waals surface area contributed by atoms with Crippen molar-refractivity contribution < 1.29 is 23.8 Å². The van der Waals surface area contributed by atoms with Gasteiger partial charge < -0.3 is 25.4 Å². The fraction of sp³-hybridized carbons (Fsp3) is 0.347. The minimum atomic E-state index is -0.670. The van der Waals surface area contributed by atoms with Crippen molar-refractivity contribution in [2.75, 3.05) is 37.0 Å². The summed E-state index contributed by atoms with van der Waals surface area (Å²) in [6.45, 7) is 6.44. The van der Waals surface area contributed by atoms with Gasteiger partial charge in [0.2, 0.25) is 0 Å². The van der Waals surface area contributed by atoms with E-state index in [0.29, 0.717) is 44.3 Å². The molecule has 0 bridgehead atoms. The topological polar surface area (TPSA) is 90.9 Å². The molecule has 2 amide bonds. The largest absolute Gasteiger partial charge is 0.444 e. The minimum Gasteiger partial charge on any atom is -0.444 e. The number of aliphatic hydroxyl groups is 1. The molecule has 1 fully saturated rings. The van der Waals surface area contributed by atoms with Gasteiger partial charge in [0, 0.05) is 29.6 Å². The van der Waals surface area contributed by atoms with Crippen molar-refractivity contribution in [3.63, 3.8) is 0 Å². The summed E-state index contributed by atoms with van der Waals surface area (Å²) < 4.78 is 19.1. The number of amides is 2. The first kappa shape index (κ1) is 43.8. The first-order chi connectivity index (χ1) is 28.5. The quantitative estimate of drug-likeness (QED) is 0.0804. The standard InChI is InChI=1S/C49H56FN3O4S2/c1-48(2,3)57-47(56)53-33-44(59-49(37-14-8-5-9-15-37,38-16-10-6-11-17-38)39-18-12-7-13-19-39)31-43(53)32-51-41-27-24-36(23-20-35-21-25-40(50)26-22-35)45(30-41)46(55)52-42(34-54)28-29-58-4/h5-19,21-22,24-27,30,42-44,51,54H,20,23,28-29,31-34H2,1-4H3,(H,52,55)/t42-,43-,44-/m0/s1. The average Bonchev–Trinajstić information content (AvgIpc) is 3.66. The fourth-order valence-corrected chi connectivity index (χ4v) is 10.1. The van der Waals surface area contributed by atoms with Crippen LogP contribution in [0.15, 0.2) is 133 Å². The lowest BCUT2D eigenvalue weighted by Gasteiger charge is -2.37. The Kier molecular flexibility index (Phi) is 15.2. The third kappa shape index (κ3) is 11.5. The molecule has 3 N–H and O–H groups in total. The summed E-state index contributed by atoms with van der Waals surface area (Å²) >= 11 is 3.54. The van der Waals surface area contributed by atoms with Crippen LogP contribution < -0.4 is 10.6 Å². The molecule has 3 atom stereocenters. The third-order valence-corrected chi connectivity index (χ3v) is 13.0. The van der Waals surface area contributed by atoms with Crippen molar-refractivity contribution in [1.82, 2.24) is 10.2 Å². The van der Waals surface area contributed by atoms with Crippen molar-refractivity contribution in [3.05, 3.63) is 173 Å². The van der Waals surface area contributed by atoms with Crippen molar-refractivity contribution in [2.45, 2.75) is 74.1 Å². The second-order valence-corrected chi connectivity index (χ2v) is 18.6. The number of likely N-dealkylation sites (tertiary alicyclic amines) is 1. The highest BCUT2D eigenvalue weighted by Crippen LogP contribution is 2.52. The molecule has 7 nitrogen and oxygen atoms in total. The number of carbonyl (C=O) groups is 2. The van der Waals surface area contributed by atoms with Gasteiger partial charge in [0.05, 0.1) is 23.4 Å². The van der Waals surface area contributed by atoms with E-state index < -0.39 is 10.3 Å². The summed E-state index contributed by atoms with van der Waals surface area (Å²) in [6, 6.07) is 43.4. The molecule has 1 saturated heterocycles. The number of rotatable bonds is 17. The van der Waals surface area contributed by atoms with Gasteiger partial charge in [-0.2, -0.15) is 11.8 Å². The van der Waals surface area contributed by atoms with Gasteiger partial charge in [0.1, 0.15) is 11.4 Å². The molecule has 310 valence electrons. The van der Waals surface area contributed by atoms with Gasteiger partial charge in [0.15, 0.2) is 0 Å². The highest BCUT2D eigenvalue weighted by molar-refractivity contribution is 8.01. The van der Waals surface area contributed by atoms with E-state index in [1.54, 1.807) is 23.9 Å². The Labute approximate surface area is 357 Å². The van der Waals surface area contributed by atoms with E-state index in [0.717, 1.165) is 39.3 Å². The maximum Gasteiger partial charge on any atom is 0.410 e. The fourth-order valence-electron chi connectivity index (χ4n) is 7.68. The maximum atomic E-state index is 14.0. The Morgan fingerprint density at radius 1 is 0.847 bits per heavy atom. The SMILES string of the molecule is CSCC[C@@H](CO)NC(=O)c1cc(NC[C@@H]2C[C@H](SC(c3ccccc3)(c3ccccc3)c3ccccc3)CN2C(=O)OC(C)(C)C)ccc1CCc1ccc(F)cc1. The smallest absolute Gasteiger partial charge is 0.410 e. The van der Waals surface area contributed by atoms with Crippen LogP contribution in [-0.2, 0) is 22.3 Å². The lowest BCUT2D eigenvalue weighted by molar-refractivity contribution is 0.0235. The number of nitrogens with one attached hydrogen (secondary N) is 2. The van der Waals surface area contributed by atoms with Crippen LogP contribution in [0.4, 0.5) is 14.9 Å². The molecule has 1 heterocycles. The molecule has 0 saturated carbocycles. The van der Waals surface area contributed by atoms with Gasteiger partial charge >= 0.3 is 6.09 Å². The Morgan fingerprint density at radius 2 is 1.44 bits per heavy atom. The highest BCUT2D eigenvalue weighted by atomic mass is 32.2. The monoisotopic (exact) mass is 833 g/mol. The molecule has 59 heavy (non-hydrogen) atoms. The lowest BCUT2D eigenvalue weighted by Crippen LogP contribution is -2.42. The van der Waals surface area contributed by atoms with Crippen molar-refractivity contribution >= 4 is 41.2 Å². The second kappa shape index (κ2) is 20.5. The zero-order chi connectivity index (χ0) is 41.8. The Hall–Kier alpha value is -4.77. The molecule has 0 radical (unpaired) electrons. The summed E-state index contributed by atoms with van der Waals surface area (Å²) in [5.41, 5.74) is 5.90. The van der Waals surface area contributed by atoms with Gasteiger partial charge in [-0.3, -0.25) is 4.79 Å². The third-order valence-electron chi connectivity index (χ3n) is 10.6. The maximum absolute atomic E-state index is 14.0.